The summed E-state index contributed by atoms with van der Waals surface area (Å²) in [6.45, 7) is 4.16. The maximum Gasteiger partial charge on any atom is 0.215 e. The first-order chi connectivity index (χ1) is 13.3. The van der Waals surface area contributed by atoms with Gasteiger partial charge in [0.2, 0.25) is 6.41 Å². The molecule has 28 heavy (non-hydrogen) atoms. The molecule has 1 heterocycles. The lowest BCUT2D eigenvalue weighted by atomic mass is 9.73. The lowest BCUT2D eigenvalue weighted by Gasteiger charge is -2.36. The van der Waals surface area contributed by atoms with Gasteiger partial charge in [0, 0.05) is 27.7 Å². The van der Waals surface area contributed by atoms with Gasteiger partial charge < -0.3 is 10.2 Å². The Morgan fingerprint density at radius 2 is 1.89 bits per heavy atom. The van der Waals surface area contributed by atoms with Crippen LogP contribution in [0.4, 0.5) is 11.4 Å². The molecule has 0 saturated carbocycles. The highest BCUT2D eigenvalue weighted by atomic mass is 35.5. The van der Waals surface area contributed by atoms with Gasteiger partial charge in [0.25, 0.3) is 0 Å². The third kappa shape index (κ3) is 3.21. The van der Waals surface area contributed by atoms with Crippen molar-refractivity contribution in [3.8, 4) is 0 Å². The Bertz CT molecular complexity index is 1010. The van der Waals surface area contributed by atoms with E-state index in [4.69, 9.17) is 23.2 Å². The number of carbonyl (C=O) groups excluding carboxylic acids is 2. The van der Waals surface area contributed by atoms with E-state index in [-0.39, 0.29) is 11.2 Å². The van der Waals surface area contributed by atoms with Gasteiger partial charge in [-0.2, -0.15) is 0 Å². The molecule has 0 spiro atoms. The lowest BCUT2D eigenvalue weighted by Crippen LogP contribution is -2.35. The molecule has 0 radical (unpaired) electrons. The van der Waals surface area contributed by atoms with Crippen LogP contribution in [0, 0.1) is 5.41 Å². The molecular weight excluding hydrogens is 395 g/mol. The molecule has 144 valence electrons. The molecule has 0 saturated heterocycles. The van der Waals surface area contributed by atoms with Gasteiger partial charge in [0.1, 0.15) is 0 Å². The maximum atomic E-state index is 13.3. The molecule has 1 N–H and O–H groups in total. The van der Waals surface area contributed by atoms with Crippen LogP contribution in [0.15, 0.2) is 53.7 Å². The fraction of sp³-hybridized carbons (Fsp3) is 0.273. The van der Waals surface area contributed by atoms with Crippen LogP contribution in [0.2, 0.25) is 10.0 Å². The summed E-state index contributed by atoms with van der Waals surface area (Å²) in [6, 6.07) is 12.1. The predicted molar refractivity (Wildman–Crippen MR) is 113 cm³/mol. The number of nitrogens with zero attached hydrogens (tertiary/aromatic N) is 1. The lowest BCUT2D eigenvalue weighted by molar-refractivity contribution is -0.118. The molecule has 2 aliphatic rings. The summed E-state index contributed by atoms with van der Waals surface area (Å²) in [7, 11) is 0. The van der Waals surface area contributed by atoms with E-state index in [2.05, 4.69) is 19.2 Å². The van der Waals surface area contributed by atoms with Crippen LogP contribution < -0.4 is 10.2 Å². The quantitative estimate of drug-likeness (QED) is 0.634. The fourth-order valence-corrected chi connectivity index (χ4v) is 4.67. The first-order valence-electron chi connectivity index (χ1n) is 9.11. The summed E-state index contributed by atoms with van der Waals surface area (Å²) in [5.41, 5.74) is 3.44. The van der Waals surface area contributed by atoms with Crippen molar-refractivity contribution >= 4 is 46.8 Å². The Morgan fingerprint density at radius 3 is 2.61 bits per heavy atom. The van der Waals surface area contributed by atoms with Gasteiger partial charge in [-0.1, -0.05) is 55.2 Å². The number of fused-ring (bicyclic) bond motifs is 1. The summed E-state index contributed by atoms with van der Waals surface area (Å²) in [6.07, 6.45) is 1.88. The first-order valence-corrected chi connectivity index (χ1v) is 9.87. The molecule has 0 bridgehead atoms. The van der Waals surface area contributed by atoms with Crippen molar-refractivity contribution in [1.82, 2.24) is 0 Å². The molecule has 0 aromatic heterocycles. The van der Waals surface area contributed by atoms with E-state index in [0.29, 0.717) is 39.7 Å². The third-order valence-corrected chi connectivity index (χ3v) is 5.87. The molecule has 1 aliphatic carbocycles. The van der Waals surface area contributed by atoms with Crippen molar-refractivity contribution in [2.75, 3.05) is 10.2 Å². The van der Waals surface area contributed by atoms with Crippen LogP contribution >= 0.6 is 23.2 Å². The average molecular weight is 415 g/mol. The molecule has 1 unspecified atom stereocenters. The van der Waals surface area contributed by atoms with Crippen LogP contribution in [0.5, 0.6) is 0 Å². The minimum absolute atomic E-state index is 0.0226. The fourth-order valence-electron chi connectivity index (χ4n) is 4.15. The largest absolute Gasteiger partial charge is 0.357 e. The van der Waals surface area contributed by atoms with Crippen molar-refractivity contribution in [2.45, 2.75) is 32.7 Å². The Hall–Kier alpha value is -2.30. The summed E-state index contributed by atoms with van der Waals surface area (Å²) >= 11 is 12.6. The number of halogens is 2. The van der Waals surface area contributed by atoms with E-state index in [0.717, 1.165) is 17.8 Å². The zero-order valence-corrected chi connectivity index (χ0v) is 17.1. The molecule has 1 amide bonds. The SMILES string of the molecule is CC1(C)CC(=O)C2=C(C1)Nc1ccccc1N(C=O)C2c1ccc(Cl)cc1Cl. The molecule has 4 nitrogen and oxygen atoms in total. The summed E-state index contributed by atoms with van der Waals surface area (Å²) in [4.78, 5) is 27.1. The third-order valence-electron chi connectivity index (χ3n) is 5.31. The van der Waals surface area contributed by atoms with Gasteiger partial charge in [-0.25, -0.2) is 0 Å². The molecule has 1 atom stereocenters. The zero-order valence-electron chi connectivity index (χ0n) is 15.6. The van der Waals surface area contributed by atoms with Gasteiger partial charge in [-0.05, 0) is 41.7 Å². The first kappa shape index (κ1) is 19.0. The van der Waals surface area contributed by atoms with Gasteiger partial charge in [0.15, 0.2) is 5.78 Å². The van der Waals surface area contributed by atoms with Crippen LogP contribution in [0.3, 0.4) is 0 Å². The monoisotopic (exact) mass is 414 g/mol. The van der Waals surface area contributed by atoms with Crippen molar-refractivity contribution in [3.63, 3.8) is 0 Å². The zero-order chi connectivity index (χ0) is 20.1. The number of Topliss-reactive ketones (excluding diaryl/α,β-unsaturated/α-hetero) is 1. The van der Waals surface area contributed by atoms with Gasteiger partial charge in [-0.3, -0.25) is 9.59 Å². The van der Waals surface area contributed by atoms with Crippen LogP contribution in [-0.2, 0) is 9.59 Å². The van der Waals surface area contributed by atoms with E-state index in [1.165, 1.54) is 0 Å². The maximum absolute atomic E-state index is 13.3. The minimum Gasteiger partial charge on any atom is -0.357 e. The molecule has 0 fully saturated rings. The number of para-hydroxylation sites is 2. The highest BCUT2D eigenvalue weighted by Gasteiger charge is 2.42. The predicted octanol–water partition coefficient (Wildman–Crippen LogP) is 5.77. The standard InChI is InChI=1S/C22H20Cl2N2O2/c1-22(2)10-17-20(19(28)11-22)21(14-8-7-13(23)9-15(14)24)26(12-27)18-6-4-3-5-16(18)25-17/h3-9,12,21,25H,10-11H2,1-2H3. The number of ketones is 1. The number of allylic oxidation sites excluding steroid dienone is 1. The Morgan fingerprint density at radius 1 is 1.14 bits per heavy atom. The summed E-state index contributed by atoms with van der Waals surface area (Å²) in [5.74, 6) is 0.0226. The number of amides is 1. The molecule has 6 heteroatoms. The minimum atomic E-state index is -0.614. The topological polar surface area (TPSA) is 49.4 Å². The van der Waals surface area contributed by atoms with E-state index in [9.17, 15) is 9.59 Å². The second-order valence-electron chi connectivity index (χ2n) is 8.06. The number of anilines is 2. The summed E-state index contributed by atoms with van der Waals surface area (Å²) < 4.78 is 0. The van der Waals surface area contributed by atoms with Crippen molar-refractivity contribution in [1.29, 1.82) is 0 Å². The van der Waals surface area contributed by atoms with Crippen molar-refractivity contribution in [2.24, 2.45) is 5.41 Å². The molecular formula is C22H20Cl2N2O2. The van der Waals surface area contributed by atoms with Gasteiger partial charge in [0.05, 0.1) is 17.4 Å². The smallest absolute Gasteiger partial charge is 0.215 e. The van der Waals surface area contributed by atoms with Crippen LogP contribution in [0.1, 0.15) is 38.3 Å². The number of rotatable bonds is 2. The van der Waals surface area contributed by atoms with E-state index in [1.54, 1.807) is 23.1 Å². The number of benzene rings is 2. The molecule has 1 aliphatic heterocycles. The Labute approximate surface area is 174 Å². The number of hydrogen-bond donors (Lipinski definition) is 1. The van der Waals surface area contributed by atoms with E-state index < -0.39 is 6.04 Å². The molecule has 4 rings (SSSR count). The van der Waals surface area contributed by atoms with Crippen molar-refractivity contribution in [3.05, 3.63) is 69.3 Å². The molecule has 2 aromatic carbocycles. The van der Waals surface area contributed by atoms with E-state index >= 15 is 0 Å². The number of hydrogen-bond acceptors (Lipinski definition) is 3. The highest BCUT2D eigenvalue weighted by Crippen LogP contribution is 2.48. The average Bonchev–Trinajstić information content (AvgIpc) is 2.74. The van der Waals surface area contributed by atoms with Gasteiger partial charge >= 0.3 is 0 Å². The number of nitrogens with one attached hydrogen (secondary N) is 1. The second-order valence-corrected chi connectivity index (χ2v) is 8.90. The van der Waals surface area contributed by atoms with Crippen LogP contribution in [0.25, 0.3) is 0 Å². The summed E-state index contributed by atoms with van der Waals surface area (Å²) in [5, 5.41) is 4.36. The second kappa shape index (κ2) is 6.94. The van der Waals surface area contributed by atoms with E-state index in [1.807, 2.05) is 24.3 Å². The highest BCUT2D eigenvalue weighted by molar-refractivity contribution is 6.35. The number of carbonyl (C=O) groups is 2. The Kier molecular flexibility index (Phi) is 4.72. The Balaban J connectivity index is 2.01. The van der Waals surface area contributed by atoms with Gasteiger partial charge in [-0.15, -0.1) is 0 Å². The normalized spacial score (nSPS) is 20.8. The molecule has 2 aromatic rings. The van der Waals surface area contributed by atoms with Crippen molar-refractivity contribution < 1.29 is 9.59 Å². The van der Waals surface area contributed by atoms with Crippen LogP contribution in [-0.4, -0.2) is 12.2 Å².